The summed E-state index contributed by atoms with van der Waals surface area (Å²) in [6.45, 7) is 10.8. The zero-order valence-electron chi connectivity index (χ0n) is 12.7. The van der Waals surface area contributed by atoms with E-state index in [0.717, 1.165) is 5.75 Å². The SMILES string of the molecule is C/C=C\C(Oc1ccccc1)C(O[SiH](C)C)C(C)C. The molecule has 1 aromatic rings. The first-order chi connectivity index (χ1) is 9.04. The Kier molecular flexibility index (Phi) is 6.88. The minimum Gasteiger partial charge on any atom is -0.484 e. The van der Waals surface area contributed by atoms with Crippen molar-refractivity contribution in [2.75, 3.05) is 0 Å². The van der Waals surface area contributed by atoms with Crippen LogP contribution in [0.2, 0.25) is 13.1 Å². The van der Waals surface area contributed by atoms with E-state index in [9.17, 15) is 0 Å². The van der Waals surface area contributed by atoms with Gasteiger partial charge in [-0.25, -0.2) is 0 Å². The Hall–Kier alpha value is -1.06. The lowest BCUT2D eigenvalue weighted by Gasteiger charge is -2.30. The van der Waals surface area contributed by atoms with Crippen LogP contribution >= 0.6 is 0 Å². The molecule has 1 aromatic carbocycles. The van der Waals surface area contributed by atoms with E-state index >= 15 is 0 Å². The maximum Gasteiger partial charge on any atom is 0.171 e. The molecule has 2 unspecified atom stereocenters. The Balaban J connectivity index is 2.84. The Morgan fingerprint density at radius 2 is 1.74 bits per heavy atom. The molecule has 0 aromatic heterocycles. The number of rotatable bonds is 7. The first-order valence-electron chi connectivity index (χ1n) is 7.04. The highest BCUT2D eigenvalue weighted by Gasteiger charge is 2.25. The normalized spacial score (nSPS) is 15.1. The van der Waals surface area contributed by atoms with E-state index in [-0.39, 0.29) is 12.2 Å². The summed E-state index contributed by atoms with van der Waals surface area (Å²) in [7, 11) is -1.09. The molecule has 0 fully saturated rings. The number of allylic oxidation sites excluding steroid dienone is 1. The molecule has 0 radical (unpaired) electrons. The molecule has 106 valence electrons. The molecule has 0 heterocycles. The lowest BCUT2D eigenvalue weighted by molar-refractivity contribution is 0.0500. The van der Waals surface area contributed by atoms with Crippen molar-refractivity contribution in [1.82, 2.24) is 0 Å². The highest BCUT2D eigenvalue weighted by Crippen LogP contribution is 2.20. The Labute approximate surface area is 119 Å². The van der Waals surface area contributed by atoms with Gasteiger partial charge in [-0.1, -0.05) is 38.1 Å². The Morgan fingerprint density at radius 1 is 1.11 bits per heavy atom. The van der Waals surface area contributed by atoms with Crippen LogP contribution in [0.25, 0.3) is 0 Å². The second-order valence-electron chi connectivity index (χ2n) is 5.31. The third-order valence-corrected chi connectivity index (χ3v) is 3.67. The van der Waals surface area contributed by atoms with Gasteiger partial charge in [0.1, 0.15) is 11.9 Å². The van der Waals surface area contributed by atoms with E-state index in [1.807, 2.05) is 43.3 Å². The Bertz CT molecular complexity index is 374. The monoisotopic (exact) mass is 278 g/mol. The molecule has 3 heteroatoms. The molecular weight excluding hydrogens is 252 g/mol. The van der Waals surface area contributed by atoms with Gasteiger partial charge in [0.15, 0.2) is 9.04 Å². The van der Waals surface area contributed by atoms with Crippen molar-refractivity contribution in [3.63, 3.8) is 0 Å². The van der Waals surface area contributed by atoms with Gasteiger partial charge in [-0.3, -0.25) is 0 Å². The van der Waals surface area contributed by atoms with E-state index in [4.69, 9.17) is 9.16 Å². The van der Waals surface area contributed by atoms with Crippen LogP contribution in [0.4, 0.5) is 0 Å². The van der Waals surface area contributed by atoms with E-state index in [1.165, 1.54) is 0 Å². The summed E-state index contributed by atoms with van der Waals surface area (Å²) in [5, 5.41) is 0. The van der Waals surface area contributed by atoms with Gasteiger partial charge < -0.3 is 9.16 Å². The van der Waals surface area contributed by atoms with Gasteiger partial charge >= 0.3 is 0 Å². The average Bonchev–Trinajstić information content (AvgIpc) is 2.36. The summed E-state index contributed by atoms with van der Waals surface area (Å²) in [6, 6.07) is 9.95. The standard InChI is InChI=1S/C16H26O2Si/c1-6-10-15(16(13(2)3)18-19(4)5)17-14-11-8-7-9-12-14/h6-13,15-16,19H,1-5H3/b10-6-. The largest absolute Gasteiger partial charge is 0.484 e. The molecule has 0 aliphatic carbocycles. The summed E-state index contributed by atoms with van der Waals surface area (Å²) in [5.41, 5.74) is 0. The van der Waals surface area contributed by atoms with Crippen molar-refractivity contribution < 1.29 is 9.16 Å². The topological polar surface area (TPSA) is 18.5 Å². The minimum absolute atomic E-state index is 0.0256. The van der Waals surface area contributed by atoms with Crippen LogP contribution < -0.4 is 4.74 Å². The fourth-order valence-corrected chi connectivity index (χ4v) is 3.09. The molecule has 1 rings (SSSR count). The van der Waals surface area contributed by atoms with Crippen LogP contribution in [-0.2, 0) is 4.43 Å². The molecule has 0 N–H and O–H groups in total. The predicted octanol–water partition coefficient (Wildman–Crippen LogP) is 4.03. The van der Waals surface area contributed by atoms with Gasteiger partial charge in [0, 0.05) is 0 Å². The quantitative estimate of drug-likeness (QED) is 0.554. The lowest BCUT2D eigenvalue weighted by atomic mass is 10.0. The van der Waals surface area contributed by atoms with Crippen LogP contribution in [-0.4, -0.2) is 21.2 Å². The molecule has 0 saturated carbocycles. The lowest BCUT2D eigenvalue weighted by Crippen LogP contribution is -2.39. The molecule has 0 saturated heterocycles. The molecule has 19 heavy (non-hydrogen) atoms. The summed E-state index contributed by atoms with van der Waals surface area (Å²) in [5.74, 6) is 1.32. The van der Waals surface area contributed by atoms with Crippen LogP contribution in [0.15, 0.2) is 42.5 Å². The van der Waals surface area contributed by atoms with Gasteiger partial charge in [-0.15, -0.1) is 0 Å². The second kappa shape index (κ2) is 8.18. The van der Waals surface area contributed by atoms with E-state index in [1.54, 1.807) is 0 Å². The van der Waals surface area contributed by atoms with Gasteiger partial charge in [-0.05, 0) is 44.1 Å². The van der Waals surface area contributed by atoms with Crippen molar-refractivity contribution in [3.8, 4) is 5.75 Å². The fourth-order valence-electron chi connectivity index (χ4n) is 1.99. The zero-order chi connectivity index (χ0) is 14.3. The van der Waals surface area contributed by atoms with Crippen molar-refractivity contribution in [3.05, 3.63) is 42.5 Å². The van der Waals surface area contributed by atoms with Gasteiger partial charge in [0.2, 0.25) is 0 Å². The van der Waals surface area contributed by atoms with E-state index < -0.39 is 9.04 Å². The zero-order valence-corrected chi connectivity index (χ0v) is 13.8. The number of benzene rings is 1. The van der Waals surface area contributed by atoms with Gasteiger partial charge in [0.05, 0.1) is 6.10 Å². The second-order valence-corrected chi connectivity index (χ2v) is 7.68. The fraction of sp³-hybridized carbons (Fsp3) is 0.500. The van der Waals surface area contributed by atoms with Crippen LogP contribution in [0, 0.1) is 5.92 Å². The Morgan fingerprint density at radius 3 is 2.21 bits per heavy atom. The summed E-state index contributed by atoms with van der Waals surface area (Å²) >= 11 is 0. The maximum atomic E-state index is 6.16. The summed E-state index contributed by atoms with van der Waals surface area (Å²) in [4.78, 5) is 0. The molecule has 0 spiro atoms. The van der Waals surface area contributed by atoms with Crippen LogP contribution in [0.3, 0.4) is 0 Å². The van der Waals surface area contributed by atoms with Crippen LogP contribution in [0.5, 0.6) is 5.75 Å². The minimum atomic E-state index is -1.09. The van der Waals surface area contributed by atoms with Gasteiger partial charge in [0.25, 0.3) is 0 Å². The molecule has 2 nitrogen and oxygen atoms in total. The number of ether oxygens (including phenoxy) is 1. The highest BCUT2D eigenvalue weighted by atomic mass is 28.3. The molecular formula is C16H26O2Si. The highest BCUT2D eigenvalue weighted by molar-refractivity contribution is 6.48. The molecule has 0 amide bonds. The molecule has 2 atom stereocenters. The molecule has 0 aliphatic heterocycles. The number of para-hydroxylation sites is 1. The van der Waals surface area contributed by atoms with Crippen molar-refractivity contribution in [2.45, 2.75) is 46.1 Å². The number of hydrogen-bond donors (Lipinski definition) is 0. The van der Waals surface area contributed by atoms with Crippen molar-refractivity contribution in [2.24, 2.45) is 5.92 Å². The van der Waals surface area contributed by atoms with Crippen molar-refractivity contribution in [1.29, 1.82) is 0 Å². The molecule has 0 bridgehead atoms. The molecule has 0 aliphatic rings. The summed E-state index contributed by atoms with van der Waals surface area (Å²) < 4.78 is 12.3. The van der Waals surface area contributed by atoms with E-state index in [0.29, 0.717) is 5.92 Å². The smallest absolute Gasteiger partial charge is 0.171 e. The van der Waals surface area contributed by atoms with Gasteiger partial charge in [-0.2, -0.15) is 0 Å². The third-order valence-electron chi connectivity index (χ3n) is 2.81. The average molecular weight is 278 g/mol. The third kappa shape index (κ3) is 5.62. The first-order valence-corrected chi connectivity index (χ1v) is 9.82. The summed E-state index contributed by atoms with van der Waals surface area (Å²) in [6.07, 6.45) is 4.22. The number of hydrogen-bond acceptors (Lipinski definition) is 2. The predicted molar refractivity (Wildman–Crippen MR) is 84.3 cm³/mol. The first kappa shape index (κ1) is 16.0. The maximum absolute atomic E-state index is 6.16. The van der Waals surface area contributed by atoms with E-state index in [2.05, 4.69) is 33.0 Å². The van der Waals surface area contributed by atoms with Crippen molar-refractivity contribution >= 4 is 9.04 Å². The van der Waals surface area contributed by atoms with Crippen LogP contribution in [0.1, 0.15) is 20.8 Å².